The Morgan fingerprint density at radius 3 is 2.79 bits per heavy atom. The number of Topliss-reactive ketones (excluding diaryl/α,β-unsaturated/α-hetero) is 1. The third kappa shape index (κ3) is 3.58. The van der Waals surface area contributed by atoms with Crippen LogP contribution < -0.4 is 0 Å². The largest absolute Gasteiger partial charge is 0.344 e. The Labute approximate surface area is 168 Å². The zero-order valence-corrected chi connectivity index (χ0v) is 17.4. The lowest BCUT2D eigenvalue weighted by atomic mass is 10.2. The van der Waals surface area contributed by atoms with E-state index in [1.807, 2.05) is 48.7 Å². The number of sulfone groups is 1. The molecular formula is C20H21N3O3S2. The van der Waals surface area contributed by atoms with Gasteiger partial charge in [-0.15, -0.1) is 0 Å². The van der Waals surface area contributed by atoms with E-state index in [1.165, 1.54) is 18.1 Å². The van der Waals surface area contributed by atoms with Gasteiger partial charge in [0.25, 0.3) is 0 Å². The minimum atomic E-state index is -2.98. The van der Waals surface area contributed by atoms with Crippen LogP contribution in [0.4, 0.5) is 0 Å². The van der Waals surface area contributed by atoms with Crippen LogP contribution in [0, 0.1) is 13.8 Å². The Hall–Kier alpha value is -2.19. The first-order chi connectivity index (χ1) is 13.4. The number of benzene rings is 1. The Balaban J connectivity index is 1.55. The molecule has 0 saturated carbocycles. The summed E-state index contributed by atoms with van der Waals surface area (Å²) in [6.45, 7) is 3.83. The van der Waals surface area contributed by atoms with Crippen molar-refractivity contribution in [2.24, 2.45) is 0 Å². The van der Waals surface area contributed by atoms with Gasteiger partial charge >= 0.3 is 0 Å². The molecule has 3 aromatic rings. The van der Waals surface area contributed by atoms with Gasteiger partial charge in [-0.25, -0.2) is 18.4 Å². The second-order valence-corrected chi connectivity index (χ2v) is 10.3. The summed E-state index contributed by atoms with van der Waals surface area (Å²) in [6, 6.07) is 9.53. The number of para-hydroxylation sites is 1. The molecule has 4 rings (SSSR count). The molecule has 1 aliphatic heterocycles. The van der Waals surface area contributed by atoms with E-state index in [4.69, 9.17) is 0 Å². The van der Waals surface area contributed by atoms with Gasteiger partial charge in [0.2, 0.25) is 0 Å². The first-order valence-electron chi connectivity index (χ1n) is 9.10. The second kappa shape index (κ2) is 7.33. The normalized spacial score (nSPS) is 18.6. The molecule has 0 aliphatic carbocycles. The molecule has 1 saturated heterocycles. The van der Waals surface area contributed by atoms with Gasteiger partial charge in [-0.3, -0.25) is 4.79 Å². The van der Waals surface area contributed by atoms with Crippen molar-refractivity contribution in [1.82, 2.24) is 14.5 Å². The number of rotatable bonds is 5. The summed E-state index contributed by atoms with van der Waals surface area (Å²) in [7, 11) is -2.98. The number of aromatic nitrogens is 3. The maximum Gasteiger partial charge on any atom is 0.174 e. The summed E-state index contributed by atoms with van der Waals surface area (Å²) in [5.74, 6) is 0.662. The van der Waals surface area contributed by atoms with E-state index < -0.39 is 9.84 Å². The standard InChI is InChI=1S/C20H21N3O3S2/c1-13-9-17(14(2)23(13)15-7-8-28(25,26)11-15)19(24)10-27-20-16-5-3-4-6-18(16)21-12-22-20/h3-6,9,12,15H,7-8,10-11H2,1-2H3. The average molecular weight is 416 g/mol. The highest BCUT2D eigenvalue weighted by molar-refractivity contribution is 8.00. The molecule has 3 heterocycles. The monoisotopic (exact) mass is 415 g/mol. The lowest BCUT2D eigenvalue weighted by Gasteiger charge is -2.16. The number of aryl methyl sites for hydroxylation is 1. The highest BCUT2D eigenvalue weighted by Crippen LogP contribution is 2.30. The molecule has 8 heteroatoms. The molecule has 0 N–H and O–H groups in total. The fourth-order valence-electron chi connectivity index (χ4n) is 3.91. The van der Waals surface area contributed by atoms with E-state index in [0.717, 1.165) is 27.3 Å². The second-order valence-electron chi connectivity index (χ2n) is 7.12. The summed E-state index contributed by atoms with van der Waals surface area (Å²) < 4.78 is 25.7. The molecule has 0 amide bonds. The lowest BCUT2D eigenvalue weighted by molar-refractivity contribution is 0.102. The van der Waals surface area contributed by atoms with Gasteiger partial charge in [0, 0.05) is 28.4 Å². The van der Waals surface area contributed by atoms with Crippen LogP contribution in [-0.2, 0) is 9.84 Å². The maximum atomic E-state index is 12.9. The molecule has 2 aromatic heterocycles. The van der Waals surface area contributed by atoms with Gasteiger partial charge in [0.1, 0.15) is 11.4 Å². The van der Waals surface area contributed by atoms with Crippen LogP contribution in [-0.4, -0.2) is 46.0 Å². The van der Waals surface area contributed by atoms with Gasteiger partial charge < -0.3 is 4.57 Å². The summed E-state index contributed by atoms with van der Waals surface area (Å²) >= 11 is 1.40. The summed E-state index contributed by atoms with van der Waals surface area (Å²) in [5, 5.41) is 1.72. The van der Waals surface area contributed by atoms with Gasteiger partial charge in [-0.05, 0) is 32.4 Å². The van der Waals surface area contributed by atoms with E-state index >= 15 is 0 Å². The third-order valence-corrected chi connectivity index (χ3v) is 7.96. The summed E-state index contributed by atoms with van der Waals surface area (Å²) in [5.41, 5.74) is 3.29. The maximum absolute atomic E-state index is 12.9. The van der Waals surface area contributed by atoms with Gasteiger partial charge in [0.05, 0.1) is 22.8 Å². The molecular weight excluding hydrogens is 394 g/mol. The average Bonchev–Trinajstić information content (AvgIpc) is 3.17. The van der Waals surface area contributed by atoms with Crippen molar-refractivity contribution in [3.8, 4) is 0 Å². The van der Waals surface area contributed by atoms with E-state index in [2.05, 4.69) is 9.97 Å². The molecule has 146 valence electrons. The minimum absolute atomic E-state index is 0.0212. The molecule has 0 bridgehead atoms. The molecule has 1 aliphatic rings. The molecule has 1 atom stereocenters. The quantitative estimate of drug-likeness (QED) is 0.361. The first kappa shape index (κ1) is 19.1. The molecule has 28 heavy (non-hydrogen) atoms. The van der Waals surface area contributed by atoms with Gasteiger partial charge in [0.15, 0.2) is 15.6 Å². The van der Waals surface area contributed by atoms with E-state index in [-0.39, 0.29) is 29.1 Å². The number of ketones is 1. The van der Waals surface area contributed by atoms with Crippen LogP contribution in [0.3, 0.4) is 0 Å². The Morgan fingerprint density at radius 2 is 2.04 bits per heavy atom. The fourth-order valence-corrected chi connectivity index (χ4v) is 6.48. The van der Waals surface area contributed by atoms with Crippen LogP contribution in [0.1, 0.15) is 34.2 Å². The van der Waals surface area contributed by atoms with Crippen molar-refractivity contribution in [3.63, 3.8) is 0 Å². The van der Waals surface area contributed by atoms with Gasteiger partial charge in [-0.1, -0.05) is 30.0 Å². The lowest BCUT2D eigenvalue weighted by Crippen LogP contribution is -2.14. The van der Waals surface area contributed by atoms with E-state index in [9.17, 15) is 13.2 Å². The number of fused-ring (bicyclic) bond motifs is 1. The highest BCUT2D eigenvalue weighted by atomic mass is 32.2. The predicted octanol–water partition coefficient (Wildman–Crippen LogP) is 3.38. The van der Waals surface area contributed by atoms with Crippen molar-refractivity contribution in [1.29, 1.82) is 0 Å². The van der Waals surface area contributed by atoms with E-state index in [0.29, 0.717) is 12.0 Å². The van der Waals surface area contributed by atoms with Crippen LogP contribution in [0.15, 0.2) is 41.7 Å². The number of carbonyl (C=O) groups excluding carboxylic acids is 1. The smallest absolute Gasteiger partial charge is 0.174 e. The first-order valence-corrected chi connectivity index (χ1v) is 11.9. The molecule has 1 fully saturated rings. The van der Waals surface area contributed by atoms with Crippen LogP contribution >= 0.6 is 11.8 Å². The molecule has 1 aromatic carbocycles. The minimum Gasteiger partial charge on any atom is -0.344 e. The fraction of sp³-hybridized carbons (Fsp3) is 0.350. The van der Waals surface area contributed by atoms with Crippen molar-refractivity contribution in [2.45, 2.75) is 31.3 Å². The van der Waals surface area contributed by atoms with Crippen molar-refractivity contribution in [2.75, 3.05) is 17.3 Å². The Bertz CT molecular complexity index is 1160. The van der Waals surface area contributed by atoms with Gasteiger partial charge in [-0.2, -0.15) is 0 Å². The third-order valence-electron chi connectivity index (χ3n) is 5.20. The Morgan fingerprint density at radius 1 is 1.25 bits per heavy atom. The molecule has 6 nitrogen and oxygen atoms in total. The molecule has 0 radical (unpaired) electrons. The summed E-state index contributed by atoms with van der Waals surface area (Å²) in [6.07, 6.45) is 2.12. The Kier molecular flexibility index (Phi) is 5.01. The number of thioether (sulfide) groups is 1. The zero-order chi connectivity index (χ0) is 19.9. The van der Waals surface area contributed by atoms with Crippen LogP contribution in [0.2, 0.25) is 0 Å². The molecule has 0 spiro atoms. The zero-order valence-electron chi connectivity index (χ0n) is 15.8. The number of nitrogens with zero attached hydrogens (tertiary/aromatic N) is 3. The highest BCUT2D eigenvalue weighted by Gasteiger charge is 2.31. The number of hydrogen-bond donors (Lipinski definition) is 0. The summed E-state index contributed by atoms with van der Waals surface area (Å²) in [4.78, 5) is 21.5. The topological polar surface area (TPSA) is 81.9 Å². The predicted molar refractivity (Wildman–Crippen MR) is 111 cm³/mol. The molecule has 1 unspecified atom stereocenters. The van der Waals surface area contributed by atoms with Crippen molar-refractivity contribution < 1.29 is 13.2 Å². The van der Waals surface area contributed by atoms with Crippen LogP contribution in [0.5, 0.6) is 0 Å². The van der Waals surface area contributed by atoms with E-state index in [1.54, 1.807) is 0 Å². The van der Waals surface area contributed by atoms with Crippen molar-refractivity contribution >= 4 is 38.3 Å². The SMILES string of the molecule is Cc1cc(C(=O)CSc2ncnc3ccccc23)c(C)n1C1CCS(=O)(=O)C1. The van der Waals surface area contributed by atoms with Crippen LogP contribution in [0.25, 0.3) is 10.9 Å². The number of carbonyl (C=O) groups is 1. The van der Waals surface area contributed by atoms with Crippen molar-refractivity contribution in [3.05, 3.63) is 53.6 Å². The number of hydrogen-bond acceptors (Lipinski definition) is 6.